The van der Waals surface area contributed by atoms with Crippen LogP contribution in [0.1, 0.15) is 39.8 Å². The summed E-state index contributed by atoms with van der Waals surface area (Å²) in [6.45, 7) is 8.36. The van der Waals surface area contributed by atoms with Gasteiger partial charge in [0.1, 0.15) is 0 Å². The molecule has 0 spiro atoms. The number of hydrogen-bond acceptors (Lipinski definition) is 0. The van der Waals surface area contributed by atoms with Gasteiger partial charge >= 0.3 is 28.4 Å². The predicted molar refractivity (Wildman–Crippen MR) is 166 cm³/mol. The van der Waals surface area contributed by atoms with Crippen LogP contribution in [0.4, 0.5) is 0 Å². The molecule has 2 aliphatic rings. The second-order valence-electron chi connectivity index (χ2n) is 8.54. The molecule has 0 aromatic heterocycles. The fraction of sp³-hybridized carbons (Fsp3) is 0.171. The van der Waals surface area contributed by atoms with Gasteiger partial charge in [0.25, 0.3) is 0 Å². The molecule has 0 heterocycles. The van der Waals surface area contributed by atoms with Crippen molar-refractivity contribution in [3.8, 4) is 11.1 Å². The summed E-state index contributed by atoms with van der Waals surface area (Å²) < 4.78 is 3.34. The van der Waals surface area contributed by atoms with Crippen LogP contribution < -0.4 is 0 Å². The molecule has 0 nitrogen and oxygen atoms in total. The molecule has 2 aliphatic carbocycles. The van der Waals surface area contributed by atoms with Crippen LogP contribution in [-0.2, 0) is 30.7 Å². The molecule has 4 aromatic carbocycles. The number of benzene rings is 4. The molecule has 0 bridgehead atoms. The Kier molecular flexibility index (Phi) is 19.4. The molecule has 0 saturated heterocycles. The standard InChI is InChI=1S/C15H13.2C7H7.C5H5.CH2.2ClH.Zr/c1-10-3-5-14-12(7-10)9-13-8-11(2)4-6-15(13)14;2*1-7-5-3-2-4-6-7;1-2-4-5-3-1;;;;/h3-7H,9H2,1-2H3;2*2-3,5-6H,1H3;1-3H,4H2;1H2;2*1H;/q4*-1;;;;. The van der Waals surface area contributed by atoms with Crippen molar-refractivity contribution in [1.82, 2.24) is 0 Å². The maximum absolute atomic E-state index is 3.45. The fourth-order valence-corrected chi connectivity index (χ4v) is 3.68. The zero-order valence-corrected chi connectivity index (χ0v) is 26.8. The Balaban J connectivity index is 0.000000507. The Bertz CT molecular complexity index is 1150. The first-order valence-corrected chi connectivity index (χ1v) is 13.8. The van der Waals surface area contributed by atoms with E-state index < -0.39 is 0 Å². The SMILES string of the molecule is Cc1[c-]c2c(cc1)-c1ccc(C)cc1C2.Cc1c[c-]ccc1.Cc1c[c-]ccc1.Cl.Cl.[C-]1=CC=CC1.[CH2]=[Zr]. The van der Waals surface area contributed by atoms with Crippen LogP contribution in [0.15, 0.2) is 97.1 Å². The van der Waals surface area contributed by atoms with Crippen molar-refractivity contribution in [2.75, 3.05) is 0 Å². The fourth-order valence-electron chi connectivity index (χ4n) is 3.68. The second-order valence-corrected chi connectivity index (χ2v) is 8.54. The van der Waals surface area contributed by atoms with E-state index in [-0.39, 0.29) is 24.8 Å². The molecule has 0 fully saturated rings. The van der Waals surface area contributed by atoms with Gasteiger partial charge in [0.2, 0.25) is 0 Å². The maximum atomic E-state index is 3.45. The summed E-state index contributed by atoms with van der Waals surface area (Å²) in [5.41, 5.74) is 10.7. The molecular weight excluding hydrogens is 583 g/mol. The van der Waals surface area contributed by atoms with E-state index in [0.717, 1.165) is 12.8 Å². The molecule has 0 N–H and O–H groups in total. The van der Waals surface area contributed by atoms with Crippen LogP contribution >= 0.6 is 24.8 Å². The molecule has 38 heavy (non-hydrogen) atoms. The zero-order valence-electron chi connectivity index (χ0n) is 22.7. The third kappa shape index (κ3) is 13.0. The van der Waals surface area contributed by atoms with Crippen LogP contribution in [0, 0.1) is 52.0 Å². The molecule has 0 unspecified atom stereocenters. The number of fused-ring (bicyclic) bond motifs is 3. The van der Waals surface area contributed by atoms with E-state index in [9.17, 15) is 0 Å². The molecule has 0 radical (unpaired) electrons. The van der Waals surface area contributed by atoms with Gasteiger partial charge in [0, 0.05) is 0 Å². The zero-order chi connectivity index (χ0) is 26.2. The van der Waals surface area contributed by atoms with Crippen LogP contribution in [0.3, 0.4) is 0 Å². The summed E-state index contributed by atoms with van der Waals surface area (Å²) in [5.74, 6) is 0. The molecule has 0 aliphatic heterocycles. The molecule has 0 amide bonds. The van der Waals surface area contributed by atoms with E-state index in [2.05, 4.69) is 105 Å². The Morgan fingerprint density at radius 1 is 0.737 bits per heavy atom. The number of aryl methyl sites for hydroxylation is 4. The minimum absolute atomic E-state index is 0. The Morgan fingerprint density at radius 2 is 1.34 bits per heavy atom. The van der Waals surface area contributed by atoms with Crippen molar-refractivity contribution < 1.29 is 24.2 Å². The Morgan fingerprint density at radius 3 is 1.76 bits per heavy atom. The second kappa shape index (κ2) is 20.6. The summed E-state index contributed by atoms with van der Waals surface area (Å²) in [6, 6.07) is 36.2. The predicted octanol–water partition coefficient (Wildman–Crippen LogP) is 9.38. The summed E-state index contributed by atoms with van der Waals surface area (Å²) in [4.78, 5) is 0. The normalized spacial score (nSPS) is 10.5. The summed E-state index contributed by atoms with van der Waals surface area (Å²) >= 11 is 1.30. The van der Waals surface area contributed by atoms with E-state index in [1.165, 1.54) is 68.7 Å². The van der Waals surface area contributed by atoms with Gasteiger partial charge in [0.05, 0.1) is 0 Å². The minimum atomic E-state index is 0. The monoisotopic (exact) mass is 616 g/mol. The molecule has 3 heteroatoms. The third-order valence-corrected chi connectivity index (χ3v) is 5.40. The van der Waals surface area contributed by atoms with E-state index in [1.807, 2.05) is 48.6 Å². The summed E-state index contributed by atoms with van der Waals surface area (Å²) in [7, 11) is 0. The van der Waals surface area contributed by atoms with E-state index in [0.29, 0.717) is 0 Å². The first kappa shape index (κ1) is 35.7. The number of rotatable bonds is 0. The first-order valence-electron chi connectivity index (χ1n) is 12.1. The van der Waals surface area contributed by atoms with Crippen LogP contribution in [0.25, 0.3) is 11.1 Å². The van der Waals surface area contributed by atoms with Gasteiger partial charge in [0.15, 0.2) is 0 Å². The average Bonchev–Trinajstić information content (AvgIpc) is 3.58. The van der Waals surface area contributed by atoms with E-state index in [1.54, 1.807) is 0 Å². The third-order valence-electron chi connectivity index (χ3n) is 5.40. The molecule has 0 atom stereocenters. The van der Waals surface area contributed by atoms with Crippen LogP contribution in [0.2, 0.25) is 0 Å². The van der Waals surface area contributed by atoms with Crippen molar-refractivity contribution in [1.29, 1.82) is 0 Å². The van der Waals surface area contributed by atoms with Crippen LogP contribution in [-0.4, -0.2) is 4.21 Å². The van der Waals surface area contributed by atoms with Gasteiger partial charge in [-0.2, -0.15) is 102 Å². The van der Waals surface area contributed by atoms with E-state index in [4.69, 9.17) is 0 Å². The van der Waals surface area contributed by atoms with Crippen molar-refractivity contribution in [2.24, 2.45) is 0 Å². The van der Waals surface area contributed by atoms with Crippen molar-refractivity contribution in [3.63, 3.8) is 0 Å². The number of allylic oxidation sites excluding steroid dienone is 4. The molecule has 198 valence electrons. The van der Waals surface area contributed by atoms with Gasteiger partial charge in [-0.1, -0.05) is 50.1 Å². The quantitative estimate of drug-likeness (QED) is 0.152. The average molecular weight is 619 g/mol. The van der Waals surface area contributed by atoms with Gasteiger partial charge in [-0.3, -0.25) is 6.08 Å². The molecule has 0 saturated carbocycles. The topological polar surface area (TPSA) is 0 Å². The summed E-state index contributed by atoms with van der Waals surface area (Å²) in [5, 5.41) is 0. The van der Waals surface area contributed by atoms with Gasteiger partial charge in [-0.15, -0.1) is 42.4 Å². The number of hydrogen-bond donors (Lipinski definition) is 0. The van der Waals surface area contributed by atoms with Gasteiger partial charge in [-0.05, 0) is 18.9 Å². The Hall–Kier alpha value is -2.31. The molecule has 6 rings (SSSR count). The van der Waals surface area contributed by atoms with Crippen molar-refractivity contribution in [2.45, 2.75) is 40.5 Å². The molecule has 4 aromatic rings. The molecular formula is C35H36Cl2Zr-4. The van der Waals surface area contributed by atoms with Gasteiger partial charge in [-0.25, -0.2) is 12.2 Å². The van der Waals surface area contributed by atoms with Crippen molar-refractivity contribution >= 4 is 29.0 Å². The first-order chi connectivity index (χ1) is 17.5. The van der Waals surface area contributed by atoms with Crippen molar-refractivity contribution in [3.05, 3.63) is 155 Å². The van der Waals surface area contributed by atoms with Crippen LogP contribution in [0.5, 0.6) is 0 Å². The van der Waals surface area contributed by atoms with E-state index >= 15 is 0 Å². The Labute approximate surface area is 258 Å². The summed E-state index contributed by atoms with van der Waals surface area (Å²) in [6.07, 6.45) is 11.0. The number of halogens is 2. The van der Waals surface area contributed by atoms with Gasteiger partial charge < -0.3 is 0 Å².